The number of nitrogens with zero attached hydrogens (tertiary/aromatic N) is 5. The minimum atomic E-state index is -0.220. The number of fused-ring (bicyclic) bond motifs is 1. The van der Waals surface area contributed by atoms with Crippen molar-refractivity contribution in [2.75, 3.05) is 12.4 Å². The number of benzene rings is 1. The van der Waals surface area contributed by atoms with Crippen molar-refractivity contribution in [3.05, 3.63) is 77.7 Å². The summed E-state index contributed by atoms with van der Waals surface area (Å²) < 4.78 is 6.79. The number of nitrogens with one attached hydrogen (secondary N) is 2. The second-order valence-electron chi connectivity index (χ2n) is 7.19. The molecule has 0 unspecified atom stereocenters. The minimum Gasteiger partial charge on any atom is -0.467 e. The van der Waals surface area contributed by atoms with Crippen LogP contribution in [-0.4, -0.2) is 36.8 Å². The Labute approximate surface area is 182 Å². The monoisotopic (exact) mass is 425 g/mol. The Kier molecular flexibility index (Phi) is 4.83. The first kappa shape index (κ1) is 19.4. The molecular formula is C23H19N7O2. The molecule has 158 valence electrons. The predicted molar refractivity (Wildman–Crippen MR) is 122 cm³/mol. The lowest BCUT2D eigenvalue weighted by Gasteiger charge is -2.11. The van der Waals surface area contributed by atoms with Crippen molar-refractivity contribution in [2.45, 2.75) is 0 Å². The zero-order valence-electron chi connectivity index (χ0n) is 17.4. The number of aromatic amines is 1. The van der Waals surface area contributed by atoms with Gasteiger partial charge in [0.25, 0.3) is 5.56 Å². The SMILES string of the molecule is COc1ncc(-c2cc3cc[nH]c(=O)c3c(Nc3ccc(-c4cnn(C)c4)cc3)n2)cn1. The molecule has 0 fully saturated rings. The van der Waals surface area contributed by atoms with E-state index < -0.39 is 0 Å². The van der Waals surface area contributed by atoms with Gasteiger partial charge in [-0.3, -0.25) is 9.48 Å². The standard InChI is InChI=1S/C23H19N7O2/c1-30-13-17(12-27-30)14-3-5-18(6-4-14)28-21-20-15(7-8-24-22(20)31)9-19(29-21)16-10-25-23(32-2)26-11-16/h3-13H,1-2H3,(H,24,31)(H,28,29). The van der Waals surface area contributed by atoms with Gasteiger partial charge < -0.3 is 15.0 Å². The van der Waals surface area contributed by atoms with Crippen molar-refractivity contribution in [3.63, 3.8) is 0 Å². The van der Waals surface area contributed by atoms with Gasteiger partial charge in [0.05, 0.1) is 24.4 Å². The van der Waals surface area contributed by atoms with Crippen LogP contribution < -0.4 is 15.6 Å². The topological polar surface area (TPSA) is 111 Å². The Bertz CT molecular complexity index is 1460. The molecule has 0 amide bonds. The summed E-state index contributed by atoms with van der Waals surface area (Å²) in [6.07, 6.45) is 8.67. The van der Waals surface area contributed by atoms with Gasteiger partial charge in [0, 0.05) is 48.6 Å². The lowest BCUT2D eigenvalue weighted by atomic mass is 10.1. The molecule has 0 aliphatic carbocycles. The third-order valence-corrected chi connectivity index (χ3v) is 5.05. The van der Waals surface area contributed by atoms with E-state index in [4.69, 9.17) is 9.72 Å². The predicted octanol–water partition coefficient (Wildman–Crippen LogP) is 3.53. The van der Waals surface area contributed by atoms with Crippen LogP contribution in [0.3, 0.4) is 0 Å². The number of rotatable bonds is 5. The molecule has 32 heavy (non-hydrogen) atoms. The third-order valence-electron chi connectivity index (χ3n) is 5.05. The highest BCUT2D eigenvalue weighted by molar-refractivity contribution is 5.95. The normalized spacial score (nSPS) is 10.9. The molecule has 0 aliphatic rings. The van der Waals surface area contributed by atoms with Crippen LogP contribution in [0.1, 0.15) is 0 Å². The molecule has 1 aromatic carbocycles. The molecule has 0 aliphatic heterocycles. The van der Waals surface area contributed by atoms with E-state index >= 15 is 0 Å². The Morgan fingerprint density at radius 3 is 2.47 bits per heavy atom. The van der Waals surface area contributed by atoms with E-state index in [1.165, 1.54) is 7.11 Å². The van der Waals surface area contributed by atoms with Gasteiger partial charge in [0.1, 0.15) is 5.82 Å². The van der Waals surface area contributed by atoms with Crippen molar-refractivity contribution in [1.29, 1.82) is 0 Å². The molecule has 4 aromatic heterocycles. The molecule has 4 heterocycles. The summed E-state index contributed by atoms with van der Waals surface area (Å²) in [5, 5.41) is 8.73. The third kappa shape index (κ3) is 3.67. The van der Waals surface area contributed by atoms with Gasteiger partial charge in [-0.05, 0) is 35.2 Å². The van der Waals surface area contributed by atoms with Crippen LogP contribution in [0, 0.1) is 0 Å². The molecule has 2 N–H and O–H groups in total. The van der Waals surface area contributed by atoms with Crippen molar-refractivity contribution in [2.24, 2.45) is 7.05 Å². The van der Waals surface area contributed by atoms with Crippen LogP contribution in [0.2, 0.25) is 0 Å². The first-order chi connectivity index (χ1) is 15.6. The van der Waals surface area contributed by atoms with Crippen LogP contribution >= 0.6 is 0 Å². The van der Waals surface area contributed by atoms with Crippen LogP contribution in [0.25, 0.3) is 33.2 Å². The maximum Gasteiger partial charge on any atom is 0.316 e. The van der Waals surface area contributed by atoms with E-state index in [0.717, 1.165) is 22.2 Å². The minimum absolute atomic E-state index is 0.220. The van der Waals surface area contributed by atoms with Crippen LogP contribution in [-0.2, 0) is 7.05 Å². The Hall–Kier alpha value is -4.53. The number of hydrogen-bond donors (Lipinski definition) is 2. The van der Waals surface area contributed by atoms with Crippen molar-refractivity contribution < 1.29 is 4.74 Å². The van der Waals surface area contributed by atoms with E-state index in [2.05, 4.69) is 25.4 Å². The zero-order chi connectivity index (χ0) is 22.1. The maximum absolute atomic E-state index is 12.6. The summed E-state index contributed by atoms with van der Waals surface area (Å²) in [6, 6.07) is 11.8. The van der Waals surface area contributed by atoms with Gasteiger partial charge in [0.15, 0.2) is 0 Å². The van der Waals surface area contributed by atoms with Gasteiger partial charge in [-0.2, -0.15) is 5.10 Å². The molecule has 0 saturated heterocycles. The molecule has 0 saturated carbocycles. The van der Waals surface area contributed by atoms with E-state index in [-0.39, 0.29) is 11.6 Å². The number of H-pyrrole nitrogens is 1. The molecule has 0 atom stereocenters. The summed E-state index contributed by atoms with van der Waals surface area (Å²) >= 11 is 0. The number of anilines is 2. The molecule has 9 heteroatoms. The Morgan fingerprint density at radius 2 is 1.78 bits per heavy atom. The number of aryl methyl sites for hydroxylation is 1. The van der Waals surface area contributed by atoms with Gasteiger partial charge in [0.2, 0.25) is 0 Å². The van der Waals surface area contributed by atoms with Crippen molar-refractivity contribution in [1.82, 2.24) is 29.7 Å². The van der Waals surface area contributed by atoms with Crippen LogP contribution in [0.5, 0.6) is 6.01 Å². The molecular weight excluding hydrogens is 406 g/mol. The van der Waals surface area contributed by atoms with Gasteiger partial charge in [-0.1, -0.05) is 12.1 Å². The summed E-state index contributed by atoms with van der Waals surface area (Å²) in [5.41, 5.74) is 4.01. The number of methoxy groups -OCH3 is 1. The molecule has 5 rings (SSSR count). The van der Waals surface area contributed by atoms with Crippen LogP contribution in [0.15, 0.2) is 72.2 Å². The number of pyridine rings is 2. The smallest absolute Gasteiger partial charge is 0.316 e. The first-order valence-electron chi connectivity index (χ1n) is 9.86. The van der Waals surface area contributed by atoms with E-state index in [0.29, 0.717) is 22.5 Å². The van der Waals surface area contributed by atoms with Gasteiger partial charge in [-0.15, -0.1) is 0 Å². The highest BCUT2D eigenvalue weighted by atomic mass is 16.5. The Balaban J connectivity index is 1.55. The van der Waals surface area contributed by atoms with E-state index in [9.17, 15) is 4.79 Å². The summed E-state index contributed by atoms with van der Waals surface area (Å²) in [6.45, 7) is 0. The second kappa shape index (κ2) is 7.95. The fourth-order valence-corrected chi connectivity index (χ4v) is 3.46. The number of aromatic nitrogens is 6. The summed E-state index contributed by atoms with van der Waals surface area (Å²) in [4.78, 5) is 28.3. The fraction of sp³-hybridized carbons (Fsp3) is 0.0870. The van der Waals surface area contributed by atoms with Crippen molar-refractivity contribution in [3.8, 4) is 28.4 Å². The second-order valence-corrected chi connectivity index (χ2v) is 7.19. The number of hydrogen-bond acceptors (Lipinski definition) is 7. The molecule has 0 spiro atoms. The molecule has 5 aromatic rings. The summed E-state index contributed by atoms with van der Waals surface area (Å²) in [5.74, 6) is 0.448. The fourth-order valence-electron chi connectivity index (χ4n) is 3.46. The average molecular weight is 425 g/mol. The highest BCUT2D eigenvalue weighted by Gasteiger charge is 2.12. The first-order valence-corrected chi connectivity index (χ1v) is 9.86. The highest BCUT2D eigenvalue weighted by Crippen LogP contribution is 2.28. The summed E-state index contributed by atoms with van der Waals surface area (Å²) in [7, 11) is 3.39. The average Bonchev–Trinajstić information content (AvgIpc) is 3.26. The lowest BCUT2D eigenvalue weighted by molar-refractivity contribution is 0.380. The van der Waals surface area contributed by atoms with E-state index in [1.807, 2.05) is 55.8 Å². The largest absolute Gasteiger partial charge is 0.467 e. The quantitative estimate of drug-likeness (QED) is 0.443. The molecule has 0 radical (unpaired) electrons. The van der Waals surface area contributed by atoms with E-state index in [1.54, 1.807) is 23.3 Å². The Morgan fingerprint density at radius 1 is 1.00 bits per heavy atom. The lowest BCUT2D eigenvalue weighted by Crippen LogP contribution is -2.09. The van der Waals surface area contributed by atoms with Gasteiger partial charge >= 0.3 is 6.01 Å². The number of ether oxygens (including phenoxy) is 1. The van der Waals surface area contributed by atoms with Crippen molar-refractivity contribution >= 4 is 22.3 Å². The molecule has 9 nitrogen and oxygen atoms in total. The van der Waals surface area contributed by atoms with Gasteiger partial charge in [-0.25, -0.2) is 15.0 Å². The van der Waals surface area contributed by atoms with Crippen LogP contribution in [0.4, 0.5) is 11.5 Å². The molecule has 0 bridgehead atoms. The maximum atomic E-state index is 12.6. The zero-order valence-corrected chi connectivity index (χ0v) is 17.4.